The summed E-state index contributed by atoms with van der Waals surface area (Å²) < 4.78 is 0. The quantitative estimate of drug-likeness (QED) is 0.852. The Hall–Kier alpha value is -1.94. The van der Waals surface area contributed by atoms with Crippen LogP contribution in [0.15, 0.2) is 59.7 Å². The Bertz CT molecular complexity index is 648. The molecule has 3 nitrogen and oxygen atoms in total. The van der Waals surface area contributed by atoms with E-state index in [0.717, 1.165) is 24.6 Å². The number of nitrogens with one attached hydrogen (secondary N) is 1. The van der Waals surface area contributed by atoms with Crippen LogP contribution in [-0.4, -0.2) is 18.1 Å². The highest BCUT2D eigenvalue weighted by Gasteiger charge is 2.21. The van der Waals surface area contributed by atoms with Crippen molar-refractivity contribution in [3.8, 4) is 0 Å². The van der Waals surface area contributed by atoms with Crippen LogP contribution < -0.4 is 10.3 Å². The first-order valence-electron chi connectivity index (χ1n) is 8.17. The summed E-state index contributed by atoms with van der Waals surface area (Å²) in [5.41, 5.74) is 7.12. The van der Waals surface area contributed by atoms with Gasteiger partial charge in [0.1, 0.15) is 5.37 Å². The fourth-order valence-electron chi connectivity index (χ4n) is 2.76. The first kappa shape index (κ1) is 15.9. The minimum Gasteiger partial charge on any atom is -0.372 e. The molecule has 4 heteroatoms. The number of hydrogen-bond acceptors (Lipinski definition) is 4. The molecule has 23 heavy (non-hydrogen) atoms. The van der Waals surface area contributed by atoms with Gasteiger partial charge in [-0.25, -0.2) is 0 Å². The zero-order chi connectivity index (χ0) is 16.1. The van der Waals surface area contributed by atoms with Gasteiger partial charge in [0.2, 0.25) is 0 Å². The Morgan fingerprint density at radius 1 is 1.00 bits per heavy atom. The summed E-state index contributed by atoms with van der Waals surface area (Å²) in [6.45, 7) is 6.46. The molecule has 0 unspecified atom stereocenters. The number of nitrogens with zero attached hydrogens (tertiary/aromatic N) is 2. The standard InChI is InChI=1S/C19H23N3S/c1-3-22(4-2)17-12-10-16(11-13-17)19-21-20-18(23-19)14-15-8-6-5-7-9-15/h5-13,19,21H,3-4,14H2,1-2H3/t19-/m1/s1. The van der Waals surface area contributed by atoms with Crippen molar-refractivity contribution in [3.63, 3.8) is 0 Å². The first-order chi connectivity index (χ1) is 11.3. The molecule has 2 aromatic carbocycles. The van der Waals surface area contributed by atoms with Gasteiger partial charge in [-0.1, -0.05) is 54.2 Å². The van der Waals surface area contributed by atoms with E-state index < -0.39 is 0 Å². The Kier molecular flexibility index (Phi) is 5.23. The lowest BCUT2D eigenvalue weighted by molar-refractivity contribution is 0.742. The molecular weight excluding hydrogens is 302 g/mol. The van der Waals surface area contributed by atoms with Crippen molar-refractivity contribution in [2.24, 2.45) is 5.10 Å². The summed E-state index contributed by atoms with van der Waals surface area (Å²) in [5.74, 6) is 0. The van der Waals surface area contributed by atoms with Crippen molar-refractivity contribution in [1.82, 2.24) is 5.43 Å². The minimum atomic E-state index is 0.222. The van der Waals surface area contributed by atoms with E-state index in [1.165, 1.54) is 16.8 Å². The van der Waals surface area contributed by atoms with Gasteiger partial charge in [0.15, 0.2) is 0 Å². The predicted octanol–water partition coefficient (Wildman–Crippen LogP) is 4.42. The van der Waals surface area contributed by atoms with Crippen LogP contribution in [0.25, 0.3) is 0 Å². The SMILES string of the molecule is CCN(CC)c1ccc([C@@H]2NN=C(Cc3ccccc3)S2)cc1. The number of benzene rings is 2. The molecule has 0 amide bonds. The fourth-order valence-corrected chi connectivity index (χ4v) is 3.79. The number of hydrazone groups is 1. The molecule has 120 valence electrons. The summed E-state index contributed by atoms with van der Waals surface area (Å²) in [5, 5.41) is 5.87. The molecule has 1 atom stereocenters. The molecule has 1 aliphatic rings. The van der Waals surface area contributed by atoms with Crippen molar-refractivity contribution < 1.29 is 0 Å². The summed E-state index contributed by atoms with van der Waals surface area (Å²) in [4.78, 5) is 2.36. The number of anilines is 1. The van der Waals surface area contributed by atoms with E-state index in [1.54, 1.807) is 0 Å². The Morgan fingerprint density at radius 2 is 1.70 bits per heavy atom. The number of hydrogen-bond donors (Lipinski definition) is 1. The van der Waals surface area contributed by atoms with Gasteiger partial charge in [0.05, 0.1) is 5.04 Å². The van der Waals surface area contributed by atoms with Crippen LogP contribution in [0.1, 0.15) is 30.3 Å². The fraction of sp³-hybridized carbons (Fsp3) is 0.316. The van der Waals surface area contributed by atoms with Crippen LogP contribution in [0, 0.1) is 0 Å². The maximum absolute atomic E-state index is 4.50. The van der Waals surface area contributed by atoms with E-state index >= 15 is 0 Å². The van der Waals surface area contributed by atoms with E-state index in [1.807, 2.05) is 17.8 Å². The van der Waals surface area contributed by atoms with Gasteiger partial charge in [-0.2, -0.15) is 5.10 Å². The normalized spacial score (nSPS) is 16.8. The van der Waals surface area contributed by atoms with Gasteiger partial charge in [0.25, 0.3) is 0 Å². The van der Waals surface area contributed by atoms with Gasteiger partial charge < -0.3 is 4.90 Å². The van der Waals surface area contributed by atoms with E-state index in [9.17, 15) is 0 Å². The van der Waals surface area contributed by atoms with Crippen LogP contribution in [0.4, 0.5) is 5.69 Å². The van der Waals surface area contributed by atoms with Gasteiger partial charge in [-0.15, -0.1) is 0 Å². The maximum atomic E-state index is 4.50. The highest BCUT2D eigenvalue weighted by atomic mass is 32.2. The van der Waals surface area contributed by atoms with Gasteiger partial charge in [-0.05, 0) is 37.1 Å². The highest BCUT2D eigenvalue weighted by molar-refractivity contribution is 8.14. The summed E-state index contributed by atoms with van der Waals surface area (Å²) in [6.07, 6.45) is 0.895. The zero-order valence-electron chi connectivity index (χ0n) is 13.7. The smallest absolute Gasteiger partial charge is 0.120 e. The highest BCUT2D eigenvalue weighted by Crippen LogP contribution is 2.33. The third-order valence-corrected chi connectivity index (χ3v) is 5.20. The molecule has 0 aliphatic carbocycles. The number of thioether (sulfide) groups is 1. The summed E-state index contributed by atoms with van der Waals surface area (Å²) in [7, 11) is 0. The summed E-state index contributed by atoms with van der Waals surface area (Å²) >= 11 is 1.81. The average molecular weight is 325 g/mol. The van der Waals surface area contributed by atoms with E-state index in [2.05, 4.69) is 77.8 Å². The lowest BCUT2D eigenvalue weighted by Gasteiger charge is -2.21. The molecule has 0 bridgehead atoms. The van der Waals surface area contributed by atoms with Crippen molar-refractivity contribution in [2.45, 2.75) is 25.6 Å². The third-order valence-electron chi connectivity index (χ3n) is 4.08. The number of rotatable bonds is 6. The molecule has 0 spiro atoms. The van der Waals surface area contributed by atoms with Gasteiger partial charge in [0, 0.05) is 25.2 Å². The molecular formula is C19H23N3S. The third kappa shape index (κ3) is 3.88. The maximum Gasteiger partial charge on any atom is 0.120 e. The molecule has 0 saturated heterocycles. The second kappa shape index (κ2) is 7.55. The zero-order valence-corrected chi connectivity index (χ0v) is 14.5. The van der Waals surface area contributed by atoms with Gasteiger partial charge >= 0.3 is 0 Å². The summed E-state index contributed by atoms with van der Waals surface area (Å²) in [6, 6.07) is 19.3. The molecule has 0 radical (unpaired) electrons. The topological polar surface area (TPSA) is 27.6 Å². The minimum absolute atomic E-state index is 0.222. The van der Waals surface area contributed by atoms with Crippen LogP contribution in [0.5, 0.6) is 0 Å². The Balaban J connectivity index is 1.61. The van der Waals surface area contributed by atoms with Crippen LogP contribution in [0.2, 0.25) is 0 Å². The van der Waals surface area contributed by atoms with Crippen molar-refractivity contribution >= 4 is 22.5 Å². The predicted molar refractivity (Wildman–Crippen MR) is 101 cm³/mol. The Labute approximate surface area is 142 Å². The van der Waals surface area contributed by atoms with E-state index in [0.29, 0.717) is 0 Å². The first-order valence-corrected chi connectivity index (χ1v) is 9.05. The average Bonchev–Trinajstić information content (AvgIpc) is 3.06. The van der Waals surface area contributed by atoms with E-state index in [-0.39, 0.29) is 5.37 Å². The molecule has 1 aliphatic heterocycles. The van der Waals surface area contributed by atoms with E-state index in [4.69, 9.17) is 0 Å². The second-order valence-electron chi connectivity index (χ2n) is 5.56. The molecule has 1 N–H and O–H groups in total. The van der Waals surface area contributed by atoms with Crippen molar-refractivity contribution in [3.05, 3.63) is 65.7 Å². The molecule has 3 rings (SSSR count). The molecule has 0 saturated carbocycles. The van der Waals surface area contributed by atoms with Crippen molar-refractivity contribution in [1.29, 1.82) is 0 Å². The van der Waals surface area contributed by atoms with Crippen LogP contribution in [0.3, 0.4) is 0 Å². The van der Waals surface area contributed by atoms with Crippen LogP contribution >= 0.6 is 11.8 Å². The second-order valence-corrected chi connectivity index (χ2v) is 6.74. The Morgan fingerprint density at radius 3 is 2.35 bits per heavy atom. The molecule has 0 fully saturated rings. The van der Waals surface area contributed by atoms with Crippen LogP contribution in [-0.2, 0) is 6.42 Å². The van der Waals surface area contributed by atoms with Gasteiger partial charge in [-0.3, -0.25) is 5.43 Å². The van der Waals surface area contributed by atoms with Crippen molar-refractivity contribution in [2.75, 3.05) is 18.0 Å². The molecule has 2 aromatic rings. The molecule has 0 aromatic heterocycles. The lowest BCUT2D eigenvalue weighted by atomic mass is 10.2. The molecule has 1 heterocycles. The largest absolute Gasteiger partial charge is 0.372 e. The lowest BCUT2D eigenvalue weighted by Crippen LogP contribution is -2.21. The monoisotopic (exact) mass is 325 g/mol.